The second kappa shape index (κ2) is 5.22. The third-order valence-corrected chi connectivity index (χ3v) is 1.94. The molecule has 0 aliphatic heterocycles. The predicted octanol–water partition coefficient (Wildman–Crippen LogP) is 0.951. The topological polar surface area (TPSA) is 61.8 Å². The van der Waals surface area contributed by atoms with Gasteiger partial charge in [-0.3, -0.25) is 4.10 Å². The van der Waals surface area contributed by atoms with Crippen LogP contribution in [0.1, 0.15) is 6.92 Å². The first-order chi connectivity index (χ1) is 5.97. The number of allylic oxidation sites excluding steroid dienone is 1. The van der Waals surface area contributed by atoms with Gasteiger partial charge in [0.15, 0.2) is 0 Å². The molecule has 0 N–H and O–H groups in total. The zero-order chi connectivity index (χ0) is 10.5. The fourth-order valence-corrected chi connectivity index (χ4v) is 0.984. The molecular formula is C3H4BF3O5S. The van der Waals surface area contributed by atoms with Crippen molar-refractivity contribution in [3.05, 3.63) is 11.2 Å². The predicted molar refractivity (Wildman–Crippen MR) is 35.0 cm³/mol. The van der Waals surface area contributed by atoms with Gasteiger partial charge >= 0.3 is 17.4 Å². The van der Waals surface area contributed by atoms with E-state index in [1.54, 1.807) is 0 Å². The Morgan fingerprint density at radius 3 is 2.15 bits per heavy atom. The molecule has 0 bridgehead atoms. The Morgan fingerprint density at radius 2 is 1.85 bits per heavy atom. The normalized spacial score (nSPS) is 13.1. The van der Waals surface area contributed by atoms with Gasteiger partial charge in [0.25, 0.3) is 0 Å². The first-order valence-electron chi connectivity index (χ1n) is 2.77. The van der Waals surface area contributed by atoms with Gasteiger partial charge in [-0.1, -0.05) is 9.05 Å². The summed E-state index contributed by atoms with van der Waals surface area (Å²) in [5.74, 6) is 0. The number of rotatable bonds is 5. The Hall–Kier alpha value is -0.575. The van der Waals surface area contributed by atoms with Crippen LogP contribution in [0.3, 0.4) is 0 Å². The number of hydrogen-bond donors (Lipinski definition) is 0. The molecule has 0 rings (SSSR count). The molecule has 0 saturated heterocycles. The summed E-state index contributed by atoms with van der Waals surface area (Å²) in [4.78, 5) is 5.07. The molecule has 0 aromatic carbocycles. The molecule has 0 fully saturated rings. The van der Waals surface area contributed by atoms with Crippen molar-refractivity contribution in [1.82, 2.24) is 0 Å². The SMILES string of the molecule is CC=C(F)S(=O)(=O)OB(OF)OF. The first-order valence-corrected chi connectivity index (χ1v) is 4.18. The van der Waals surface area contributed by atoms with E-state index in [9.17, 15) is 21.9 Å². The highest BCUT2D eigenvalue weighted by Gasteiger charge is 2.34. The Morgan fingerprint density at radius 1 is 1.38 bits per heavy atom. The van der Waals surface area contributed by atoms with E-state index in [0.29, 0.717) is 6.08 Å². The van der Waals surface area contributed by atoms with Crippen LogP contribution in [0.15, 0.2) is 11.2 Å². The van der Waals surface area contributed by atoms with Crippen LogP contribution in [-0.4, -0.2) is 15.7 Å². The summed E-state index contributed by atoms with van der Waals surface area (Å²) in [6, 6.07) is 0. The second-order valence-corrected chi connectivity index (χ2v) is 3.10. The van der Waals surface area contributed by atoms with E-state index >= 15 is 0 Å². The summed E-state index contributed by atoms with van der Waals surface area (Å²) in [6.07, 6.45) is 0.517. The Bertz CT molecular complexity index is 273. The standard InChI is InChI=1S/C3H4BF3O5S/c1-2-3(5)13(8,9)12-4(10-6)11-7/h2H,1H3. The lowest BCUT2D eigenvalue weighted by Crippen LogP contribution is -2.25. The number of hydrogen-bond acceptors (Lipinski definition) is 5. The minimum absolute atomic E-state index is 0.517. The average molecular weight is 220 g/mol. The molecule has 0 aliphatic rings. The van der Waals surface area contributed by atoms with E-state index in [2.05, 4.69) is 13.8 Å². The average Bonchev–Trinajstić information content (AvgIpc) is 2.12. The van der Waals surface area contributed by atoms with Gasteiger partial charge in [-0.05, 0) is 13.0 Å². The van der Waals surface area contributed by atoms with Crippen molar-refractivity contribution in [3.8, 4) is 0 Å². The molecule has 0 aromatic rings. The molecule has 0 atom stereocenters. The molecule has 76 valence electrons. The zero-order valence-corrected chi connectivity index (χ0v) is 7.05. The van der Waals surface area contributed by atoms with Gasteiger partial charge in [-0.25, -0.2) is 0 Å². The molecule has 0 aromatic heterocycles. The Kier molecular flexibility index (Phi) is 4.99. The lowest BCUT2D eigenvalue weighted by Gasteiger charge is -2.02. The summed E-state index contributed by atoms with van der Waals surface area (Å²) >= 11 is 0. The summed E-state index contributed by atoms with van der Waals surface area (Å²) in [5.41, 5.74) is 0. The van der Waals surface area contributed by atoms with Crippen LogP contribution in [0, 0.1) is 0 Å². The van der Waals surface area contributed by atoms with E-state index in [-0.39, 0.29) is 0 Å². The third kappa shape index (κ3) is 3.76. The van der Waals surface area contributed by atoms with E-state index < -0.39 is 22.6 Å². The van der Waals surface area contributed by atoms with E-state index in [1.165, 1.54) is 0 Å². The van der Waals surface area contributed by atoms with Gasteiger partial charge in [-0.2, -0.15) is 22.5 Å². The van der Waals surface area contributed by atoms with E-state index in [1.807, 2.05) is 0 Å². The maximum atomic E-state index is 12.3. The second-order valence-electron chi connectivity index (χ2n) is 1.61. The molecule has 10 heteroatoms. The molecule has 0 aliphatic carbocycles. The quantitative estimate of drug-likeness (QED) is 0.645. The summed E-state index contributed by atoms with van der Waals surface area (Å²) < 4.78 is 59.1. The van der Waals surface area contributed by atoms with Gasteiger partial charge in [0.2, 0.25) is 5.16 Å². The molecule has 5 nitrogen and oxygen atoms in total. The molecule has 0 radical (unpaired) electrons. The van der Waals surface area contributed by atoms with Crippen molar-refractivity contribution in [3.63, 3.8) is 0 Å². The highest BCUT2D eigenvalue weighted by atomic mass is 32.2. The third-order valence-electron chi connectivity index (χ3n) is 0.817. The Labute approximate surface area is 72.2 Å². The largest absolute Gasteiger partial charge is 0.720 e. The highest BCUT2D eigenvalue weighted by Crippen LogP contribution is 2.12. The monoisotopic (exact) mass is 220 g/mol. The maximum absolute atomic E-state index is 12.3. The van der Waals surface area contributed by atoms with Crippen molar-refractivity contribution in [2.75, 3.05) is 0 Å². The summed E-state index contributed by atoms with van der Waals surface area (Å²) in [7, 11) is -7.64. The van der Waals surface area contributed by atoms with E-state index in [0.717, 1.165) is 6.92 Å². The van der Waals surface area contributed by atoms with Crippen molar-refractivity contribution in [2.45, 2.75) is 6.92 Å². The van der Waals surface area contributed by atoms with Crippen LogP contribution in [-0.2, 0) is 23.9 Å². The first kappa shape index (κ1) is 12.4. The van der Waals surface area contributed by atoms with Crippen LogP contribution in [0.4, 0.5) is 13.4 Å². The number of halogens is 3. The van der Waals surface area contributed by atoms with Crippen molar-refractivity contribution >= 4 is 17.4 Å². The summed E-state index contributed by atoms with van der Waals surface area (Å²) in [6.45, 7) is 1.04. The molecule has 0 spiro atoms. The van der Waals surface area contributed by atoms with Crippen LogP contribution < -0.4 is 0 Å². The lowest BCUT2D eigenvalue weighted by molar-refractivity contribution is -0.129. The smallest absolute Gasteiger partial charge is 0.263 e. The zero-order valence-electron chi connectivity index (χ0n) is 6.24. The Balaban J connectivity index is 4.51. The van der Waals surface area contributed by atoms with Crippen molar-refractivity contribution in [2.24, 2.45) is 0 Å². The molecule has 0 saturated carbocycles. The molecule has 13 heavy (non-hydrogen) atoms. The van der Waals surface area contributed by atoms with Crippen LogP contribution in [0.2, 0.25) is 0 Å². The molecular weight excluding hydrogens is 216 g/mol. The maximum Gasteiger partial charge on any atom is 0.720 e. The fourth-order valence-electron chi connectivity index (χ4n) is 0.337. The minimum Gasteiger partial charge on any atom is -0.263 e. The van der Waals surface area contributed by atoms with Gasteiger partial charge in [0.1, 0.15) is 0 Å². The van der Waals surface area contributed by atoms with Gasteiger partial charge in [-0.15, -0.1) is 0 Å². The van der Waals surface area contributed by atoms with Crippen LogP contribution in [0.25, 0.3) is 0 Å². The van der Waals surface area contributed by atoms with E-state index in [4.69, 9.17) is 0 Å². The van der Waals surface area contributed by atoms with Gasteiger partial charge < -0.3 is 0 Å². The van der Waals surface area contributed by atoms with Crippen LogP contribution in [0.5, 0.6) is 0 Å². The fraction of sp³-hybridized carbons (Fsp3) is 0.333. The van der Waals surface area contributed by atoms with Crippen molar-refractivity contribution in [1.29, 1.82) is 0 Å². The molecule has 0 amide bonds. The van der Waals surface area contributed by atoms with Crippen molar-refractivity contribution < 1.29 is 35.7 Å². The lowest BCUT2D eigenvalue weighted by atomic mass is 10.3. The molecule has 0 heterocycles. The van der Waals surface area contributed by atoms with Crippen LogP contribution >= 0.6 is 0 Å². The molecule has 0 unspecified atom stereocenters. The van der Waals surface area contributed by atoms with Gasteiger partial charge in [0, 0.05) is 0 Å². The van der Waals surface area contributed by atoms with Gasteiger partial charge in [0.05, 0.1) is 0 Å². The minimum atomic E-state index is -4.87. The highest BCUT2D eigenvalue weighted by molar-refractivity contribution is 7.91. The summed E-state index contributed by atoms with van der Waals surface area (Å²) in [5, 5.41) is -1.72.